The highest BCUT2D eigenvalue weighted by Crippen LogP contribution is 2.29. The SMILES string of the molecule is COc1ccc(-c2nc(C)c(C(=O)Nc3ccc(S(C)(=O)=O)cc3)s2)cc1. The molecule has 0 bridgehead atoms. The lowest BCUT2D eigenvalue weighted by molar-refractivity contribution is 0.103. The normalized spacial score (nSPS) is 11.2. The number of amides is 1. The van der Waals surface area contributed by atoms with Gasteiger partial charge in [0.05, 0.1) is 17.7 Å². The summed E-state index contributed by atoms with van der Waals surface area (Å²) in [5, 5.41) is 3.52. The van der Waals surface area contributed by atoms with Crippen LogP contribution in [0.5, 0.6) is 5.75 Å². The fourth-order valence-electron chi connectivity index (χ4n) is 2.44. The van der Waals surface area contributed by atoms with Crippen molar-refractivity contribution in [1.82, 2.24) is 4.98 Å². The number of aryl methyl sites for hydroxylation is 1. The Morgan fingerprint density at radius 3 is 2.26 bits per heavy atom. The number of hydrogen-bond acceptors (Lipinski definition) is 6. The van der Waals surface area contributed by atoms with Crippen LogP contribution in [0.4, 0.5) is 5.69 Å². The molecule has 140 valence electrons. The molecule has 0 unspecified atom stereocenters. The van der Waals surface area contributed by atoms with Gasteiger partial charge >= 0.3 is 0 Å². The second-order valence-corrected chi connectivity index (χ2v) is 8.93. The zero-order chi connectivity index (χ0) is 19.6. The maximum atomic E-state index is 12.6. The second kappa shape index (κ2) is 7.50. The summed E-state index contributed by atoms with van der Waals surface area (Å²) in [7, 11) is -1.66. The average molecular weight is 402 g/mol. The predicted octanol–water partition coefficient (Wildman–Crippen LogP) is 3.78. The largest absolute Gasteiger partial charge is 0.497 e. The zero-order valence-electron chi connectivity index (χ0n) is 15.0. The molecule has 0 saturated carbocycles. The summed E-state index contributed by atoms with van der Waals surface area (Å²) in [5.74, 6) is 0.472. The van der Waals surface area contributed by atoms with E-state index < -0.39 is 9.84 Å². The number of thiazole rings is 1. The van der Waals surface area contributed by atoms with Crippen molar-refractivity contribution in [1.29, 1.82) is 0 Å². The summed E-state index contributed by atoms with van der Waals surface area (Å²) in [6.07, 6.45) is 1.14. The van der Waals surface area contributed by atoms with E-state index in [4.69, 9.17) is 4.74 Å². The van der Waals surface area contributed by atoms with Gasteiger partial charge in [0, 0.05) is 17.5 Å². The number of benzene rings is 2. The minimum absolute atomic E-state index is 0.205. The Morgan fingerprint density at radius 2 is 1.70 bits per heavy atom. The first-order chi connectivity index (χ1) is 12.8. The third-order valence-corrected chi connectivity index (χ3v) is 6.21. The molecule has 0 atom stereocenters. The van der Waals surface area contributed by atoms with Gasteiger partial charge in [-0.05, 0) is 55.5 Å². The van der Waals surface area contributed by atoms with Gasteiger partial charge in [-0.3, -0.25) is 4.79 Å². The number of methoxy groups -OCH3 is 1. The minimum atomic E-state index is -3.27. The monoisotopic (exact) mass is 402 g/mol. The van der Waals surface area contributed by atoms with E-state index in [9.17, 15) is 13.2 Å². The van der Waals surface area contributed by atoms with E-state index >= 15 is 0 Å². The molecule has 1 amide bonds. The fourth-order valence-corrected chi connectivity index (χ4v) is 4.03. The number of sulfone groups is 1. The van der Waals surface area contributed by atoms with Crippen molar-refractivity contribution in [3.8, 4) is 16.3 Å². The van der Waals surface area contributed by atoms with Gasteiger partial charge in [-0.15, -0.1) is 11.3 Å². The van der Waals surface area contributed by atoms with E-state index in [1.165, 1.54) is 23.5 Å². The quantitative estimate of drug-likeness (QED) is 0.702. The molecule has 0 aliphatic heterocycles. The molecule has 0 radical (unpaired) electrons. The lowest BCUT2D eigenvalue weighted by Gasteiger charge is -2.05. The molecule has 0 saturated heterocycles. The summed E-state index contributed by atoms with van der Waals surface area (Å²) < 4.78 is 28.2. The molecular weight excluding hydrogens is 384 g/mol. The standard InChI is InChI=1S/C19H18N2O4S2/c1-12-17(26-19(20-12)13-4-8-15(25-2)9-5-13)18(22)21-14-6-10-16(11-7-14)27(3,23)24/h4-11H,1-3H3,(H,21,22). The van der Waals surface area contributed by atoms with Crippen LogP contribution in [-0.2, 0) is 9.84 Å². The number of carbonyl (C=O) groups excluding carboxylic acids is 1. The van der Waals surface area contributed by atoms with Crippen molar-refractivity contribution < 1.29 is 17.9 Å². The zero-order valence-corrected chi connectivity index (χ0v) is 16.6. The van der Waals surface area contributed by atoms with Crippen LogP contribution in [0.3, 0.4) is 0 Å². The van der Waals surface area contributed by atoms with Crippen LogP contribution in [0.15, 0.2) is 53.4 Å². The van der Waals surface area contributed by atoms with Gasteiger partial charge in [-0.2, -0.15) is 0 Å². The molecule has 3 aromatic rings. The third-order valence-electron chi connectivity index (χ3n) is 3.88. The van der Waals surface area contributed by atoms with Gasteiger partial charge in [0.15, 0.2) is 9.84 Å². The first-order valence-electron chi connectivity index (χ1n) is 8.01. The molecule has 8 heteroatoms. The molecule has 27 heavy (non-hydrogen) atoms. The van der Waals surface area contributed by atoms with Crippen LogP contribution in [-0.4, -0.2) is 32.7 Å². The van der Waals surface area contributed by atoms with E-state index in [0.717, 1.165) is 22.6 Å². The molecule has 1 aromatic heterocycles. The summed E-state index contributed by atoms with van der Waals surface area (Å²) >= 11 is 1.30. The van der Waals surface area contributed by atoms with Crippen molar-refractivity contribution in [2.75, 3.05) is 18.7 Å². The molecule has 0 aliphatic rings. The van der Waals surface area contributed by atoms with E-state index in [1.54, 1.807) is 26.2 Å². The van der Waals surface area contributed by atoms with Crippen molar-refractivity contribution >= 4 is 32.8 Å². The second-order valence-electron chi connectivity index (χ2n) is 5.91. The Hall–Kier alpha value is -2.71. The molecule has 0 fully saturated rings. The third kappa shape index (κ3) is 4.35. The van der Waals surface area contributed by atoms with E-state index in [2.05, 4.69) is 10.3 Å². The van der Waals surface area contributed by atoms with Crippen molar-refractivity contribution in [3.63, 3.8) is 0 Å². The van der Waals surface area contributed by atoms with Crippen LogP contribution in [0.1, 0.15) is 15.4 Å². The fraction of sp³-hybridized carbons (Fsp3) is 0.158. The minimum Gasteiger partial charge on any atom is -0.497 e. The smallest absolute Gasteiger partial charge is 0.267 e. The summed E-state index contributed by atoms with van der Waals surface area (Å²) in [6, 6.07) is 13.5. The highest BCUT2D eigenvalue weighted by Gasteiger charge is 2.17. The Kier molecular flexibility index (Phi) is 5.29. The molecule has 6 nitrogen and oxygen atoms in total. The van der Waals surface area contributed by atoms with Crippen LogP contribution in [0.2, 0.25) is 0 Å². The number of aromatic nitrogens is 1. The topological polar surface area (TPSA) is 85.4 Å². The van der Waals surface area contributed by atoms with Gasteiger partial charge in [0.1, 0.15) is 15.6 Å². The summed E-state index contributed by atoms with van der Waals surface area (Å²) in [5.41, 5.74) is 2.06. The maximum absolute atomic E-state index is 12.6. The molecule has 1 heterocycles. The predicted molar refractivity (Wildman–Crippen MR) is 106 cm³/mol. The van der Waals surface area contributed by atoms with Gasteiger partial charge in [0.2, 0.25) is 0 Å². The first kappa shape index (κ1) is 19.1. The molecule has 0 spiro atoms. The Morgan fingerprint density at radius 1 is 1.07 bits per heavy atom. The lowest BCUT2D eigenvalue weighted by Crippen LogP contribution is -2.11. The first-order valence-corrected chi connectivity index (χ1v) is 10.7. The highest BCUT2D eigenvalue weighted by atomic mass is 32.2. The van der Waals surface area contributed by atoms with E-state index in [-0.39, 0.29) is 10.8 Å². The molecular formula is C19H18N2O4S2. The van der Waals surface area contributed by atoms with Crippen LogP contribution in [0.25, 0.3) is 10.6 Å². The van der Waals surface area contributed by atoms with E-state index in [0.29, 0.717) is 16.3 Å². The number of carbonyl (C=O) groups is 1. The van der Waals surface area contributed by atoms with E-state index in [1.807, 2.05) is 24.3 Å². The lowest BCUT2D eigenvalue weighted by atomic mass is 10.2. The van der Waals surface area contributed by atoms with Crippen molar-refractivity contribution in [2.45, 2.75) is 11.8 Å². The van der Waals surface area contributed by atoms with Gasteiger partial charge in [-0.25, -0.2) is 13.4 Å². The molecule has 3 rings (SSSR count). The van der Waals surface area contributed by atoms with Gasteiger partial charge < -0.3 is 10.1 Å². The number of anilines is 1. The number of ether oxygens (including phenoxy) is 1. The number of nitrogens with one attached hydrogen (secondary N) is 1. The summed E-state index contributed by atoms with van der Waals surface area (Å²) in [6.45, 7) is 1.78. The van der Waals surface area contributed by atoms with Gasteiger partial charge in [0.25, 0.3) is 5.91 Å². The average Bonchev–Trinajstić information content (AvgIpc) is 3.03. The number of nitrogens with zero attached hydrogens (tertiary/aromatic N) is 1. The molecule has 1 N–H and O–H groups in total. The van der Waals surface area contributed by atoms with Crippen LogP contribution in [0, 0.1) is 6.92 Å². The van der Waals surface area contributed by atoms with Crippen LogP contribution < -0.4 is 10.1 Å². The summed E-state index contributed by atoms with van der Waals surface area (Å²) in [4.78, 5) is 17.8. The molecule has 0 aliphatic carbocycles. The highest BCUT2D eigenvalue weighted by molar-refractivity contribution is 7.90. The Balaban J connectivity index is 1.80. The number of hydrogen-bond donors (Lipinski definition) is 1. The van der Waals surface area contributed by atoms with Crippen molar-refractivity contribution in [2.24, 2.45) is 0 Å². The van der Waals surface area contributed by atoms with Crippen molar-refractivity contribution in [3.05, 3.63) is 59.1 Å². The Labute approximate surface area is 161 Å². The maximum Gasteiger partial charge on any atom is 0.267 e. The van der Waals surface area contributed by atoms with Gasteiger partial charge in [-0.1, -0.05) is 0 Å². The Bertz CT molecular complexity index is 1070. The molecule has 2 aromatic carbocycles. The van der Waals surface area contributed by atoms with Crippen LogP contribution >= 0.6 is 11.3 Å². The number of rotatable bonds is 5.